The predicted octanol–water partition coefficient (Wildman–Crippen LogP) is 18.2. The van der Waals surface area contributed by atoms with E-state index in [1.165, 1.54) is 72.1 Å². The number of rotatable bonds is 7. The lowest BCUT2D eigenvalue weighted by molar-refractivity contribution is 0.660. The molecule has 0 spiro atoms. The van der Waals surface area contributed by atoms with Crippen molar-refractivity contribution in [2.75, 3.05) is 4.90 Å². The molecule has 0 atom stereocenters. The molecule has 2 heteroatoms. The van der Waals surface area contributed by atoms with E-state index >= 15 is 0 Å². The first-order valence-corrected chi connectivity index (χ1v) is 24.4. The fraction of sp³-hybridized carbons (Fsp3) is 0.0588. The van der Waals surface area contributed by atoms with Crippen LogP contribution in [0, 0.1) is 0 Å². The molecule has 1 aromatic heterocycles. The van der Waals surface area contributed by atoms with Crippen LogP contribution in [-0.4, -0.2) is 0 Å². The van der Waals surface area contributed by atoms with Gasteiger partial charge in [0.05, 0.1) is 11.1 Å². The molecule has 2 aliphatic carbocycles. The average Bonchev–Trinajstić information content (AvgIpc) is 4.03. The molecule has 0 bridgehead atoms. The predicted molar refractivity (Wildman–Crippen MR) is 292 cm³/mol. The largest absolute Gasteiger partial charge is 0.455 e. The molecule has 0 N–H and O–H groups in total. The number of fused-ring (bicyclic) bond motifs is 11. The van der Waals surface area contributed by atoms with Gasteiger partial charge in [0, 0.05) is 38.5 Å². The van der Waals surface area contributed by atoms with Gasteiger partial charge >= 0.3 is 0 Å². The molecule has 12 aromatic rings. The van der Waals surface area contributed by atoms with Crippen LogP contribution in [-0.2, 0) is 10.8 Å². The zero-order chi connectivity index (χ0) is 46.6. The lowest BCUT2D eigenvalue weighted by Gasteiger charge is -2.35. The first-order chi connectivity index (χ1) is 34.5. The summed E-state index contributed by atoms with van der Waals surface area (Å²) in [7, 11) is 0. The minimum atomic E-state index is -0.570. The summed E-state index contributed by atoms with van der Waals surface area (Å²) < 4.78 is 7.09. The van der Waals surface area contributed by atoms with E-state index < -0.39 is 5.41 Å². The summed E-state index contributed by atoms with van der Waals surface area (Å²) in [6.07, 6.45) is 0. The molecule has 11 aromatic carbocycles. The molecule has 330 valence electrons. The number of anilines is 3. The van der Waals surface area contributed by atoms with Gasteiger partial charge in [0.1, 0.15) is 11.2 Å². The zero-order valence-electron chi connectivity index (χ0n) is 39.0. The highest BCUT2D eigenvalue weighted by Crippen LogP contribution is 2.59. The molecule has 2 nitrogen and oxygen atoms in total. The fourth-order valence-corrected chi connectivity index (χ4v) is 12.4. The molecule has 0 amide bonds. The zero-order valence-corrected chi connectivity index (χ0v) is 39.0. The second-order valence-corrected chi connectivity index (χ2v) is 19.5. The summed E-state index contributed by atoms with van der Waals surface area (Å²) in [5.41, 5.74) is 21.7. The van der Waals surface area contributed by atoms with Crippen LogP contribution in [0.1, 0.15) is 47.2 Å². The van der Waals surface area contributed by atoms with Crippen LogP contribution < -0.4 is 4.90 Å². The number of hydrogen-bond donors (Lipinski definition) is 0. The first kappa shape index (κ1) is 40.4. The Morgan fingerprint density at radius 1 is 0.357 bits per heavy atom. The highest BCUT2D eigenvalue weighted by molar-refractivity contribution is 6.24. The van der Waals surface area contributed by atoms with Crippen LogP contribution in [0.3, 0.4) is 0 Å². The van der Waals surface area contributed by atoms with Gasteiger partial charge in [0.25, 0.3) is 0 Å². The minimum Gasteiger partial charge on any atom is -0.455 e. The summed E-state index contributed by atoms with van der Waals surface area (Å²) in [6.45, 7) is 4.75. The van der Waals surface area contributed by atoms with Crippen molar-refractivity contribution in [3.63, 3.8) is 0 Å². The number of nitrogens with zero attached hydrogens (tertiary/aromatic N) is 1. The Balaban J connectivity index is 1.10. The third-order valence-electron chi connectivity index (χ3n) is 15.5. The summed E-state index contributed by atoms with van der Waals surface area (Å²) in [4.78, 5) is 2.53. The topological polar surface area (TPSA) is 16.4 Å². The summed E-state index contributed by atoms with van der Waals surface area (Å²) in [6, 6.07) is 91.8. The van der Waals surface area contributed by atoms with E-state index in [1.807, 2.05) is 0 Å². The van der Waals surface area contributed by atoms with Crippen LogP contribution in [0.2, 0.25) is 0 Å². The van der Waals surface area contributed by atoms with E-state index in [4.69, 9.17) is 4.42 Å². The van der Waals surface area contributed by atoms with Crippen molar-refractivity contribution in [3.8, 4) is 44.5 Å². The molecule has 70 heavy (non-hydrogen) atoms. The quantitative estimate of drug-likeness (QED) is 0.158. The molecule has 0 saturated heterocycles. The summed E-state index contributed by atoms with van der Waals surface area (Å²) >= 11 is 0. The average molecular weight is 894 g/mol. The molecule has 0 aliphatic heterocycles. The third-order valence-corrected chi connectivity index (χ3v) is 15.5. The first-order valence-electron chi connectivity index (χ1n) is 24.4. The molecule has 2 aliphatic rings. The Morgan fingerprint density at radius 2 is 0.857 bits per heavy atom. The second kappa shape index (κ2) is 15.4. The second-order valence-electron chi connectivity index (χ2n) is 19.5. The molecular formula is C68H47NO. The van der Waals surface area contributed by atoms with Gasteiger partial charge in [-0.3, -0.25) is 0 Å². The van der Waals surface area contributed by atoms with Crippen LogP contribution in [0.15, 0.2) is 253 Å². The van der Waals surface area contributed by atoms with E-state index in [0.717, 1.165) is 55.5 Å². The van der Waals surface area contributed by atoms with Gasteiger partial charge in [-0.1, -0.05) is 220 Å². The van der Waals surface area contributed by atoms with Gasteiger partial charge in [0.15, 0.2) is 0 Å². The van der Waals surface area contributed by atoms with E-state index in [2.05, 4.69) is 267 Å². The lowest BCUT2D eigenvalue weighted by atomic mass is 9.67. The van der Waals surface area contributed by atoms with E-state index in [1.54, 1.807) is 0 Å². The fourth-order valence-electron chi connectivity index (χ4n) is 12.4. The van der Waals surface area contributed by atoms with Gasteiger partial charge in [-0.25, -0.2) is 0 Å². The Kier molecular flexibility index (Phi) is 8.88. The molecule has 1 heterocycles. The van der Waals surface area contributed by atoms with Crippen LogP contribution >= 0.6 is 0 Å². The monoisotopic (exact) mass is 893 g/mol. The van der Waals surface area contributed by atoms with Crippen LogP contribution in [0.4, 0.5) is 17.1 Å². The van der Waals surface area contributed by atoms with Crippen LogP contribution in [0.25, 0.3) is 77.2 Å². The van der Waals surface area contributed by atoms with Crippen LogP contribution in [0.5, 0.6) is 0 Å². The molecule has 14 rings (SSSR count). The molecule has 0 saturated carbocycles. The Bertz CT molecular complexity index is 3980. The van der Waals surface area contributed by atoms with E-state index in [0.29, 0.717) is 0 Å². The maximum absolute atomic E-state index is 7.09. The van der Waals surface area contributed by atoms with Gasteiger partial charge in [0.2, 0.25) is 0 Å². The third kappa shape index (κ3) is 5.74. The van der Waals surface area contributed by atoms with Crippen molar-refractivity contribution in [3.05, 3.63) is 282 Å². The van der Waals surface area contributed by atoms with Crippen molar-refractivity contribution in [2.45, 2.75) is 24.7 Å². The van der Waals surface area contributed by atoms with E-state index in [9.17, 15) is 0 Å². The van der Waals surface area contributed by atoms with E-state index in [-0.39, 0.29) is 5.41 Å². The van der Waals surface area contributed by atoms with Gasteiger partial charge < -0.3 is 9.32 Å². The Morgan fingerprint density at radius 3 is 1.51 bits per heavy atom. The summed E-state index contributed by atoms with van der Waals surface area (Å²) in [5, 5.41) is 4.46. The highest BCUT2D eigenvalue weighted by atomic mass is 16.3. The van der Waals surface area contributed by atoms with Crippen molar-refractivity contribution < 1.29 is 4.42 Å². The van der Waals surface area contributed by atoms with Crippen molar-refractivity contribution in [1.82, 2.24) is 0 Å². The number of hydrogen-bond acceptors (Lipinski definition) is 2. The molecule has 0 unspecified atom stereocenters. The summed E-state index contributed by atoms with van der Waals surface area (Å²) in [5.74, 6) is 0. The number of benzene rings is 11. The highest BCUT2D eigenvalue weighted by Gasteiger charge is 2.46. The van der Waals surface area contributed by atoms with Gasteiger partial charge in [-0.15, -0.1) is 0 Å². The standard InChI is InChI=1S/C68H47NO/c1-67(2)58-33-19-17-30-51(58)53-37-35-48(41-60(53)67)69(49-36-38-54-52-31-18-20-34-59(52)68(61(54)42-49,46-25-11-5-12-26-46)47-27-13-6-14-28-47)62-39-40-63-65(64(62)45-23-9-4-10-24-45)57-43-56(44-21-7-3-8-22-44)50-29-15-16-32-55(50)66(57)70-63/h3-43H,1-2H3. The van der Waals surface area contributed by atoms with Crippen molar-refractivity contribution in [1.29, 1.82) is 0 Å². The maximum Gasteiger partial charge on any atom is 0.143 e. The maximum atomic E-state index is 7.09. The smallest absolute Gasteiger partial charge is 0.143 e. The Hall–Kier alpha value is -8.72. The molecular weight excluding hydrogens is 847 g/mol. The lowest BCUT2D eigenvalue weighted by Crippen LogP contribution is -2.28. The molecule has 0 fully saturated rings. The number of furan rings is 1. The SMILES string of the molecule is CC1(C)c2ccccc2-c2ccc(N(c3ccc4c(c3)C(c3ccccc3)(c3ccccc3)c3ccccc3-4)c3ccc4oc5c6ccccc6c(-c6ccccc6)cc5c4c3-c3ccccc3)cc21. The van der Waals surface area contributed by atoms with Crippen molar-refractivity contribution >= 4 is 49.8 Å². The normalized spacial score (nSPS) is 13.8. The van der Waals surface area contributed by atoms with Crippen molar-refractivity contribution in [2.24, 2.45) is 0 Å². The minimum absolute atomic E-state index is 0.204. The molecule has 0 radical (unpaired) electrons. The van der Waals surface area contributed by atoms with Gasteiger partial charge in [-0.2, -0.15) is 0 Å². The van der Waals surface area contributed by atoms with Gasteiger partial charge in [-0.05, 0) is 120 Å². The Labute approximate surface area is 408 Å².